The monoisotopic (exact) mass is 670 g/mol. The molecule has 0 saturated carbocycles. The Kier molecular flexibility index (Phi) is 7.82. The molecule has 52 heavy (non-hydrogen) atoms. The van der Waals surface area contributed by atoms with Crippen LogP contribution in [0.2, 0.25) is 0 Å². The van der Waals surface area contributed by atoms with Crippen molar-refractivity contribution in [3.63, 3.8) is 0 Å². The van der Waals surface area contributed by atoms with Gasteiger partial charge in [-0.2, -0.15) is 0 Å². The number of aromatic nitrogens is 1. The second kappa shape index (κ2) is 12.9. The van der Waals surface area contributed by atoms with Crippen LogP contribution in [0.1, 0.15) is 24.5 Å². The number of fused-ring (bicyclic) bond motifs is 3. The molecule has 1 unspecified atom stereocenters. The summed E-state index contributed by atoms with van der Waals surface area (Å²) in [6.07, 6.45) is 5.14. The molecule has 9 rings (SSSR count). The number of aromatic amines is 1. The number of allylic oxidation sites excluding steroid dienone is 3. The minimum Gasteiger partial charge on any atom is -0.507 e. The maximum atomic E-state index is 11.8. The van der Waals surface area contributed by atoms with Crippen LogP contribution in [0.5, 0.6) is 5.75 Å². The van der Waals surface area contributed by atoms with Crippen molar-refractivity contribution in [1.29, 1.82) is 0 Å². The molecular formula is C49H38N2O. The number of rotatable bonds is 7. The number of aromatic hydroxyl groups is 1. The Hall–Kier alpha value is -6.58. The van der Waals surface area contributed by atoms with E-state index in [0.717, 1.165) is 50.2 Å². The lowest BCUT2D eigenvalue weighted by Crippen LogP contribution is -2.24. The number of para-hydroxylation sites is 3. The summed E-state index contributed by atoms with van der Waals surface area (Å²) in [5.74, 6) is 0.330. The van der Waals surface area contributed by atoms with Crippen molar-refractivity contribution in [2.24, 2.45) is 0 Å². The fraction of sp³-hybridized carbons (Fsp3) is 0.0612. The molecule has 250 valence electrons. The number of anilines is 1. The first-order valence-corrected chi connectivity index (χ1v) is 17.9. The fourth-order valence-corrected chi connectivity index (χ4v) is 7.77. The Bertz CT molecular complexity index is 2650. The van der Waals surface area contributed by atoms with E-state index in [4.69, 9.17) is 0 Å². The van der Waals surface area contributed by atoms with Crippen LogP contribution in [0.3, 0.4) is 0 Å². The number of phenolic OH excluding ortho intramolecular Hbond substituents is 1. The molecule has 1 aliphatic rings. The first-order valence-electron chi connectivity index (χ1n) is 17.9. The van der Waals surface area contributed by atoms with E-state index in [1.807, 2.05) is 42.5 Å². The highest BCUT2D eigenvalue weighted by molar-refractivity contribution is 6.08. The van der Waals surface area contributed by atoms with Gasteiger partial charge in [0.1, 0.15) is 5.75 Å². The number of hydrogen-bond donors (Lipinski definition) is 3. The zero-order valence-electron chi connectivity index (χ0n) is 29.0. The molecule has 3 heteroatoms. The van der Waals surface area contributed by atoms with Crippen molar-refractivity contribution in [1.82, 2.24) is 4.98 Å². The summed E-state index contributed by atoms with van der Waals surface area (Å²) in [4.78, 5) is 3.55. The lowest BCUT2D eigenvalue weighted by atomic mass is 9.71. The molecule has 0 radical (unpaired) electrons. The zero-order chi connectivity index (χ0) is 35.1. The van der Waals surface area contributed by atoms with Crippen LogP contribution >= 0.6 is 0 Å². The molecule has 1 aromatic heterocycles. The van der Waals surface area contributed by atoms with Gasteiger partial charge in [0.15, 0.2) is 0 Å². The molecule has 1 heterocycles. The summed E-state index contributed by atoms with van der Waals surface area (Å²) in [6, 6.07) is 59.5. The Balaban J connectivity index is 1.10. The van der Waals surface area contributed by atoms with Gasteiger partial charge in [-0.25, -0.2) is 0 Å². The van der Waals surface area contributed by atoms with Crippen LogP contribution in [0, 0.1) is 0 Å². The first kappa shape index (κ1) is 31.4. The van der Waals surface area contributed by atoms with Gasteiger partial charge in [0.05, 0.1) is 0 Å². The van der Waals surface area contributed by atoms with Crippen LogP contribution < -0.4 is 5.32 Å². The van der Waals surface area contributed by atoms with Gasteiger partial charge in [-0.3, -0.25) is 0 Å². The molecule has 0 spiro atoms. The minimum atomic E-state index is -0.441. The molecule has 1 aliphatic carbocycles. The molecule has 3 nitrogen and oxygen atoms in total. The average molecular weight is 671 g/mol. The Morgan fingerprint density at radius 1 is 0.538 bits per heavy atom. The summed E-state index contributed by atoms with van der Waals surface area (Å²) in [6.45, 7) is 2.23. The molecule has 0 bridgehead atoms. The average Bonchev–Trinajstić information content (AvgIpc) is 3.58. The van der Waals surface area contributed by atoms with Crippen LogP contribution in [-0.2, 0) is 5.41 Å². The maximum absolute atomic E-state index is 11.8. The normalized spacial score (nSPS) is 15.7. The highest BCUT2D eigenvalue weighted by Gasteiger charge is 2.33. The summed E-state index contributed by atoms with van der Waals surface area (Å²) in [5.41, 5.74) is 13.8. The largest absolute Gasteiger partial charge is 0.507 e. The smallest absolute Gasteiger partial charge is 0.127 e. The summed E-state index contributed by atoms with van der Waals surface area (Å²) < 4.78 is 0. The van der Waals surface area contributed by atoms with Crippen LogP contribution in [-0.4, -0.2) is 10.1 Å². The van der Waals surface area contributed by atoms with Gasteiger partial charge in [-0.15, -0.1) is 0 Å². The fourth-order valence-electron chi connectivity index (χ4n) is 7.77. The third-order valence-corrected chi connectivity index (χ3v) is 10.5. The topological polar surface area (TPSA) is 48.0 Å². The quantitative estimate of drug-likeness (QED) is 0.158. The van der Waals surface area contributed by atoms with Crippen molar-refractivity contribution in [3.05, 3.63) is 199 Å². The van der Waals surface area contributed by atoms with E-state index in [0.29, 0.717) is 12.2 Å². The number of H-pyrrole nitrogens is 1. The number of nitrogens with one attached hydrogen (secondary N) is 2. The van der Waals surface area contributed by atoms with E-state index in [1.54, 1.807) is 0 Å². The maximum Gasteiger partial charge on any atom is 0.127 e. The van der Waals surface area contributed by atoms with Gasteiger partial charge in [0, 0.05) is 49.7 Å². The van der Waals surface area contributed by atoms with Gasteiger partial charge in [-0.1, -0.05) is 140 Å². The standard InChI is InChI=1S/C49H38N2O/c1-49(44-23-12-22-40(48(44)52)33-13-4-2-5-14-33)28-27-47(50-39-19-6-3-7-20-39)43(32-49)38-18-11-17-36(30-38)34-15-10-16-35(29-34)37-25-26-46-42(31-37)41-21-8-9-24-45(41)51-46/h2-31,50-52H,32H2,1H3. The van der Waals surface area contributed by atoms with E-state index >= 15 is 0 Å². The van der Waals surface area contributed by atoms with E-state index in [9.17, 15) is 5.11 Å². The Morgan fingerprint density at radius 2 is 1.13 bits per heavy atom. The van der Waals surface area contributed by atoms with Gasteiger partial charge < -0.3 is 15.4 Å². The van der Waals surface area contributed by atoms with Crippen LogP contribution in [0.4, 0.5) is 5.69 Å². The number of phenols is 1. The molecule has 3 N–H and O–H groups in total. The van der Waals surface area contributed by atoms with Gasteiger partial charge in [-0.05, 0) is 93.9 Å². The molecule has 0 saturated heterocycles. The molecule has 0 fully saturated rings. The second-order valence-electron chi connectivity index (χ2n) is 14.0. The predicted octanol–water partition coefficient (Wildman–Crippen LogP) is 12.8. The van der Waals surface area contributed by atoms with Crippen LogP contribution in [0.15, 0.2) is 188 Å². The second-order valence-corrected chi connectivity index (χ2v) is 14.0. The molecule has 0 aliphatic heterocycles. The highest BCUT2D eigenvalue weighted by atomic mass is 16.3. The predicted molar refractivity (Wildman–Crippen MR) is 218 cm³/mol. The zero-order valence-corrected chi connectivity index (χ0v) is 29.0. The van der Waals surface area contributed by atoms with Gasteiger partial charge in [0.25, 0.3) is 0 Å². The lowest BCUT2D eigenvalue weighted by Gasteiger charge is -2.34. The molecule has 8 aromatic rings. The van der Waals surface area contributed by atoms with Gasteiger partial charge in [0.2, 0.25) is 0 Å². The molecule has 1 atom stereocenters. The van der Waals surface area contributed by atoms with Crippen molar-refractivity contribution >= 4 is 33.1 Å². The van der Waals surface area contributed by atoms with Crippen molar-refractivity contribution in [2.75, 3.05) is 5.32 Å². The highest BCUT2D eigenvalue weighted by Crippen LogP contribution is 2.47. The lowest BCUT2D eigenvalue weighted by molar-refractivity contribution is 0.452. The van der Waals surface area contributed by atoms with Crippen molar-refractivity contribution < 1.29 is 5.11 Å². The minimum absolute atomic E-state index is 0.330. The summed E-state index contributed by atoms with van der Waals surface area (Å²) in [7, 11) is 0. The molecule has 0 amide bonds. The first-order chi connectivity index (χ1) is 25.5. The SMILES string of the molecule is CC1(c2cccc(-c3ccccc3)c2O)C=CC(Nc2ccccc2)=C(c2cccc(-c3cccc(-c4ccc5[nH]c6ccccc6c5c4)c3)c2)C1. The number of hydrogen-bond acceptors (Lipinski definition) is 2. The Labute approximate surface area is 304 Å². The molecular weight excluding hydrogens is 633 g/mol. The van der Waals surface area contributed by atoms with E-state index in [-0.39, 0.29) is 0 Å². The number of benzene rings is 7. The third-order valence-electron chi connectivity index (χ3n) is 10.5. The van der Waals surface area contributed by atoms with E-state index < -0.39 is 5.41 Å². The van der Waals surface area contributed by atoms with Crippen molar-refractivity contribution in [3.8, 4) is 39.1 Å². The summed E-state index contributed by atoms with van der Waals surface area (Å²) in [5, 5.41) is 18.0. The molecule has 7 aromatic carbocycles. The van der Waals surface area contributed by atoms with E-state index in [1.165, 1.54) is 33.0 Å². The Morgan fingerprint density at radius 3 is 1.90 bits per heavy atom. The van der Waals surface area contributed by atoms with Crippen LogP contribution in [0.25, 0.3) is 60.8 Å². The van der Waals surface area contributed by atoms with Crippen molar-refractivity contribution in [2.45, 2.75) is 18.8 Å². The van der Waals surface area contributed by atoms with E-state index in [2.05, 4.69) is 157 Å². The third kappa shape index (κ3) is 5.76. The summed E-state index contributed by atoms with van der Waals surface area (Å²) >= 11 is 0. The van der Waals surface area contributed by atoms with Gasteiger partial charge >= 0.3 is 0 Å².